The second-order valence-electron chi connectivity index (χ2n) is 7.69. The number of anilines is 1. The molecule has 3 rings (SSSR count). The highest BCUT2D eigenvalue weighted by atomic mass is 32.2. The number of hydrogen-bond donors (Lipinski definition) is 1. The van der Waals surface area contributed by atoms with Crippen LogP contribution in [0, 0.1) is 5.82 Å². The monoisotopic (exact) mass is 421 g/mol. The van der Waals surface area contributed by atoms with E-state index in [1.165, 1.54) is 16.7 Å². The summed E-state index contributed by atoms with van der Waals surface area (Å²) in [6, 6.07) is 9.22. The van der Waals surface area contributed by atoms with Crippen molar-refractivity contribution in [2.24, 2.45) is 0 Å². The maximum absolute atomic E-state index is 14.4. The van der Waals surface area contributed by atoms with Crippen molar-refractivity contribution < 1.29 is 18.1 Å². The standard InChI is InChI=1S/C20H24FN3O4S/c1-20(2,3)27-19(26)23-11-9-15(13-23)28-29-22-17-8-7-14(12-16(17)21)24-10-5-4-6-18(24)25/h4-8,10,12,15,22H,9,11,13H2,1-3H3. The van der Waals surface area contributed by atoms with Crippen LogP contribution in [0.3, 0.4) is 0 Å². The second-order valence-corrected chi connectivity index (χ2v) is 8.25. The maximum atomic E-state index is 14.4. The number of likely N-dealkylation sites (tertiary alicyclic amines) is 1. The van der Waals surface area contributed by atoms with Gasteiger partial charge < -0.3 is 14.4 Å². The van der Waals surface area contributed by atoms with Gasteiger partial charge in [-0.25, -0.2) is 9.18 Å². The number of pyridine rings is 1. The second kappa shape index (κ2) is 8.87. The molecular weight excluding hydrogens is 397 g/mol. The van der Waals surface area contributed by atoms with Crippen LogP contribution in [0.15, 0.2) is 47.4 Å². The van der Waals surface area contributed by atoms with E-state index in [0.717, 1.165) is 12.2 Å². The van der Waals surface area contributed by atoms with Crippen LogP contribution in [-0.2, 0) is 8.92 Å². The van der Waals surface area contributed by atoms with Gasteiger partial charge in [-0.15, -0.1) is 0 Å². The lowest BCUT2D eigenvalue weighted by Crippen LogP contribution is -2.35. The van der Waals surface area contributed by atoms with Gasteiger partial charge in [-0.1, -0.05) is 6.07 Å². The van der Waals surface area contributed by atoms with E-state index in [9.17, 15) is 14.0 Å². The third-order valence-electron chi connectivity index (χ3n) is 4.19. The average molecular weight is 421 g/mol. The minimum Gasteiger partial charge on any atom is -0.444 e. The summed E-state index contributed by atoms with van der Waals surface area (Å²) >= 11 is 0.912. The first kappa shape index (κ1) is 21.2. The van der Waals surface area contributed by atoms with Gasteiger partial charge in [-0.2, -0.15) is 0 Å². The van der Waals surface area contributed by atoms with Crippen LogP contribution >= 0.6 is 12.2 Å². The Hall–Kier alpha value is -2.52. The molecule has 7 nitrogen and oxygen atoms in total. The quantitative estimate of drug-likeness (QED) is 0.582. The molecule has 156 valence electrons. The molecule has 1 atom stereocenters. The first-order valence-electron chi connectivity index (χ1n) is 9.27. The van der Waals surface area contributed by atoms with Crippen molar-refractivity contribution in [1.82, 2.24) is 9.47 Å². The molecule has 1 amide bonds. The van der Waals surface area contributed by atoms with Gasteiger partial charge in [-0.05, 0) is 45.4 Å². The number of rotatable bonds is 5. The Kier molecular flexibility index (Phi) is 6.49. The number of aromatic nitrogens is 1. The van der Waals surface area contributed by atoms with E-state index in [4.69, 9.17) is 8.92 Å². The van der Waals surface area contributed by atoms with Gasteiger partial charge in [0.05, 0.1) is 24.0 Å². The Morgan fingerprint density at radius 2 is 2.07 bits per heavy atom. The van der Waals surface area contributed by atoms with E-state index >= 15 is 0 Å². The van der Waals surface area contributed by atoms with E-state index in [0.29, 0.717) is 25.2 Å². The average Bonchev–Trinajstić information content (AvgIpc) is 3.11. The maximum Gasteiger partial charge on any atom is 0.410 e. The van der Waals surface area contributed by atoms with E-state index < -0.39 is 11.4 Å². The lowest BCUT2D eigenvalue weighted by molar-refractivity contribution is 0.0279. The van der Waals surface area contributed by atoms with Crippen LogP contribution in [-0.4, -0.2) is 40.4 Å². The molecule has 29 heavy (non-hydrogen) atoms. The molecule has 0 spiro atoms. The molecular formula is C20H24FN3O4S. The fourth-order valence-corrected chi connectivity index (χ4v) is 3.41. The van der Waals surface area contributed by atoms with E-state index in [2.05, 4.69) is 4.72 Å². The van der Waals surface area contributed by atoms with E-state index in [1.54, 1.807) is 35.4 Å². The highest BCUT2D eigenvalue weighted by Crippen LogP contribution is 2.24. The molecule has 1 aliphatic rings. The summed E-state index contributed by atoms with van der Waals surface area (Å²) in [6.45, 7) is 6.44. The third-order valence-corrected chi connectivity index (χ3v) is 4.86. The largest absolute Gasteiger partial charge is 0.444 e. The molecule has 1 N–H and O–H groups in total. The predicted octanol–water partition coefficient (Wildman–Crippen LogP) is 3.98. The van der Waals surface area contributed by atoms with Crippen molar-refractivity contribution in [2.75, 3.05) is 17.8 Å². The summed E-state index contributed by atoms with van der Waals surface area (Å²) in [4.78, 5) is 25.5. The molecule has 1 aromatic carbocycles. The molecule has 1 unspecified atom stereocenters. The number of carbonyl (C=O) groups excluding carboxylic acids is 1. The predicted molar refractivity (Wildman–Crippen MR) is 111 cm³/mol. The van der Waals surface area contributed by atoms with Crippen molar-refractivity contribution >= 4 is 24.0 Å². The summed E-state index contributed by atoms with van der Waals surface area (Å²) in [6.07, 6.45) is 1.72. The van der Waals surface area contributed by atoms with Crippen LogP contribution in [0.4, 0.5) is 14.9 Å². The molecule has 1 aromatic heterocycles. The van der Waals surface area contributed by atoms with Gasteiger partial charge in [0.2, 0.25) is 0 Å². The minimum atomic E-state index is -0.541. The molecule has 0 bridgehead atoms. The van der Waals surface area contributed by atoms with Gasteiger partial charge in [0, 0.05) is 24.9 Å². The van der Waals surface area contributed by atoms with Crippen LogP contribution in [0.1, 0.15) is 27.2 Å². The summed E-state index contributed by atoms with van der Waals surface area (Å²) in [5, 5.41) is 0. The molecule has 9 heteroatoms. The Labute approximate surface area is 173 Å². The van der Waals surface area contributed by atoms with Gasteiger partial charge in [-0.3, -0.25) is 13.5 Å². The fraction of sp³-hybridized carbons (Fsp3) is 0.400. The third kappa shape index (κ3) is 5.74. The summed E-state index contributed by atoms with van der Waals surface area (Å²) in [5.74, 6) is -0.504. The first-order chi connectivity index (χ1) is 13.7. The number of benzene rings is 1. The Balaban J connectivity index is 1.51. The number of amides is 1. The molecule has 2 heterocycles. The molecule has 0 aliphatic carbocycles. The highest BCUT2D eigenvalue weighted by Gasteiger charge is 2.30. The Bertz CT molecular complexity index is 928. The van der Waals surface area contributed by atoms with Crippen LogP contribution in [0.2, 0.25) is 0 Å². The first-order valence-corrected chi connectivity index (χ1v) is 10.0. The minimum absolute atomic E-state index is 0.176. The summed E-state index contributed by atoms with van der Waals surface area (Å²) < 4.78 is 29.5. The summed E-state index contributed by atoms with van der Waals surface area (Å²) in [7, 11) is 0. The number of carbonyl (C=O) groups is 1. The molecule has 1 aliphatic heterocycles. The van der Waals surface area contributed by atoms with Gasteiger partial charge >= 0.3 is 6.09 Å². The normalized spacial score (nSPS) is 16.7. The lowest BCUT2D eigenvalue weighted by Gasteiger charge is -2.24. The van der Waals surface area contributed by atoms with Gasteiger partial charge in [0.15, 0.2) is 0 Å². The van der Waals surface area contributed by atoms with Crippen molar-refractivity contribution in [1.29, 1.82) is 0 Å². The number of hydrogen-bond acceptors (Lipinski definition) is 6. The Morgan fingerprint density at radius 1 is 1.28 bits per heavy atom. The zero-order valence-electron chi connectivity index (χ0n) is 16.6. The number of nitrogens with zero attached hydrogens (tertiary/aromatic N) is 2. The van der Waals surface area contributed by atoms with Crippen molar-refractivity contribution in [3.63, 3.8) is 0 Å². The van der Waals surface area contributed by atoms with Crippen LogP contribution in [0.5, 0.6) is 0 Å². The van der Waals surface area contributed by atoms with E-state index in [-0.39, 0.29) is 23.4 Å². The van der Waals surface area contributed by atoms with Crippen LogP contribution in [0.25, 0.3) is 5.69 Å². The van der Waals surface area contributed by atoms with Crippen molar-refractivity contribution in [3.8, 4) is 5.69 Å². The number of nitrogens with one attached hydrogen (secondary N) is 1. The zero-order valence-corrected chi connectivity index (χ0v) is 17.4. The smallest absolute Gasteiger partial charge is 0.410 e. The van der Waals surface area contributed by atoms with Gasteiger partial charge in [0.25, 0.3) is 5.56 Å². The van der Waals surface area contributed by atoms with Crippen molar-refractivity contribution in [2.45, 2.75) is 38.9 Å². The molecule has 1 fully saturated rings. The van der Waals surface area contributed by atoms with Crippen LogP contribution < -0.4 is 10.3 Å². The fourth-order valence-electron chi connectivity index (χ4n) is 2.81. The highest BCUT2D eigenvalue weighted by molar-refractivity contribution is 7.96. The van der Waals surface area contributed by atoms with Gasteiger partial charge in [0.1, 0.15) is 23.6 Å². The summed E-state index contributed by atoms with van der Waals surface area (Å²) in [5.41, 5.74) is -0.0971. The lowest BCUT2D eigenvalue weighted by atomic mass is 10.2. The topological polar surface area (TPSA) is 72.8 Å². The SMILES string of the molecule is CC(C)(C)OC(=O)N1CCC(OSNc2ccc(-n3ccccc3=O)cc2F)C1. The molecule has 0 radical (unpaired) electrons. The number of ether oxygens (including phenoxy) is 1. The van der Waals surface area contributed by atoms with E-state index in [1.807, 2.05) is 20.8 Å². The molecule has 0 saturated carbocycles. The molecule has 1 saturated heterocycles. The molecule has 2 aromatic rings. The zero-order chi connectivity index (χ0) is 21.0. The number of halogens is 1. The Morgan fingerprint density at radius 3 is 2.76 bits per heavy atom. The van der Waals surface area contributed by atoms with Crippen molar-refractivity contribution in [3.05, 3.63) is 58.8 Å².